The molecule has 1 N–H and O–H groups in total. The maximum Gasteiger partial charge on any atom is 0.236 e. The number of nitrogens with one attached hydrogen (secondary N) is 1. The van der Waals surface area contributed by atoms with E-state index in [0.29, 0.717) is 25.2 Å². The molecule has 4 heteroatoms. The van der Waals surface area contributed by atoms with Crippen LogP contribution in [0, 0.1) is 0 Å². The minimum Gasteiger partial charge on any atom is -0.383 e. The largest absolute Gasteiger partial charge is 0.383 e. The van der Waals surface area contributed by atoms with E-state index in [1.807, 2.05) is 18.7 Å². The molecule has 1 saturated carbocycles. The second-order valence-corrected chi connectivity index (χ2v) is 4.35. The molecule has 15 heavy (non-hydrogen) atoms. The molecule has 1 fully saturated rings. The molecule has 0 aromatic carbocycles. The number of amides is 1. The predicted molar refractivity (Wildman–Crippen MR) is 59.7 cm³/mol. The van der Waals surface area contributed by atoms with Gasteiger partial charge in [0.2, 0.25) is 5.91 Å². The Hall–Kier alpha value is -0.610. The summed E-state index contributed by atoms with van der Waals surface area (Å²) < 4.78 is 5.01. The fourth-order valence-electron chi connectivity index (χ4n) is 1.48. The van der Waals surface area contributed by atoms with E-state index in [9.17, 15) is 4.79 Å². The van der Waals surface area contributed by atoms with Crippen LogP contribution in [0.2, 0.25) is 0 Å². The molecule has 1 aliphatic rings. The Morgan fingerprint density at radius 2 is 2.20 bits per heavy atom. The molecule has 0 radical (unpaired) electrons. The standard InChI is InChI=1S/C11H22N2O2/c1-9(2)12-8-11(14)13(6-7-15-3)10-4-5-10/h9-10,12H,4-8H2,1-3H3. The summed E-state index contributed by atoms with van der Waals surface area (Å²) in [6.07, 6.45) is 2.30. The summed E-state index contributed by atoms with van der Waals surface area (Å²) in [4.78, 5) is 13.8. The molecule has 0 aromatic rings. The Kier molecular flexibility index (Phi) is 5.05. The van der Waals surface area contributed by atoms with E-state index in [0.717, 1.165) is 19.4 Å². The zero-order valence-electron chi connectivity index (χ0n) is 9.95. The molecule has 1 amide bonds. The molecule has 0 aromatic heterocycles. The van der Waals surface area contributed by atoms with E-state index in [1.54, 1.807) is 7.11 Å². The van der Waals surface area contributed by atoms with Gasteiger partial charge in [-0.05, 0) is 12.8 Å². The normalized spacial score (nSPS) is 15.7. The molecule has 0 unspecified atom stereocenters. The number of carbonyl (C=O) groups excluding carboxylic acids is 1. The van der Waals surface area contributed by atoms with Crippen molar-refractivity contribution in [3.63, 3.8) is 0 Å². The van der Waals surface area contributed by atoms with Crippen molar-refractivity contribution >= 4 is 5.91 Å². The molecule has 0 spiro atoms. The number of rotatable bonds is 7. The predicted octanol–water partition coefficient (Wildman–Crippen LogP) is 0.622. The average molecular weight is 214 g/mol. The highest BCUT2D eigenvalue weighted by atomic mass is 16.5. The fraction of sp³-hybridized carbons (Fsp3) is 0.909. The minimum absolute atomic E-state index is 0.197. The zero-order chi connectivity index (χ0) is 11.3. The molecule has 0 atom stereocenters. The first-order valence-electron chi connectivity index (χ1n) is 5.67. The number of hydrogen-bond acceptors (Lipinski definition) is 3. The van der Waals surface area contributed by atoms with Crippen LogP contribution in [0.5, 0.6) is 0 Å². The summed E-state index contributed by atoms with van der Waals surface area (Å²) in [6, 6.07) is 0.832. The highest BCUT2D eigenvalue weighted by molar-refractivity contribution is 5.79. The van der Waals surface area contributed by atoms with Gasteiger partial charge in [-0.15, -0.1) is 0 Å². The first-order chi connectivity index (χ1) is 7.15. The number of carbonyl (C=O) groups is 1. The van der Waals surface area contributed by atoms with Crippen molar-refractivity contribution < 1.29 is 9.53 Å². The van der Waals surface area contributed by atoms with Crippen LogP contribution in [0.4, 0.5) is 0 Å². The number of ether oxygens (including phenoxy) is 1. The Morgan fingerprint density at radius 3 is 2.67 bits per heavy atom. The van der Waals surface area contributed by atoms with Crippen LogP contribution in [0.15, 0.2) is 0 Å². The van der Waals surface area contributed by atoms with Gasteiger partial charge in [0.1, 0.15) is 0 Å². The number of nitrogens with zero attached hydrogens (tertiary/aromatic N) is 1. The van der Waals surface area contributed by atoms with Gasteiger partial charge in [-0.3, -0.25) is 4.79 Å². The van der Waals surface area contributed by atoms with Crippen molar-refractivity contribution in [2.24, 2.45) is 0 Å². The van der Waals surface area contributed by atoms with Gasteiger partial charge in [-0.1, -0.05) is 13.8 Å². The summed E-state index contributed by atoms with van der Waals surface area (Å²) in [5.41, 5.74) is 0. The first kappa shape index (κ1) is 12.5. The lowest BCUT2D eigenvalue weighted by molar-refractivity contribution is -0.131. The van der Waals surface area contributed by atoms with Crippen molar-refractivity contribution in [1.82, 2.24) is 10.2 Å². The van der Waals surface area contributed by atoms with Crippen LogP contribution < -0.4 is 5.32 Å². The second-order valence-electron chi connectivity index (χ2n) is 4.35. The average Bonchev–Trinajstić information content (AvgIpc) is 2.99. The molecular weight excluding hydrogens is 192 g/mol. The maximum absolute atomic E-state index is 11.8. The van der Waals surface area contributed by atoms with Crippen molar-refractivity contribution in [2.45, 2.75) is 38.8 Å². The lowest BCUT2D eigenvalue weighted by Gasteiger charge is -2.22. The molecule has 0 aliphatic heterocycles. The Morgan fingerprint density at radius 1 is 1.53 bits per heavy atom. The van der Waals surface area contributed by atoms with Crippen LogP contribution in [0.1, 0.15) is 26.7 Å². The molecule has 1 rings (SSSR count). The number of methoxy groups -OCH3 is 1. The van der Waals surface area contributed by atoms with Crippen molar-refractivity contribution in [3.8, 4) is 0 Å². The van der Waals surface area contributed by atoms with E-state index < -0.39 is 0 Å². The van der Waals surface area contributed by atoms with Gasteiger partial charge in [0.15, 0.2) is 0 Å². The Bertz CT molecular complexity index is 203. The second kappa shape index (κ2) is 6.08. The molecule has 4 nitrogen and oxygen atoms in total. The Labute approximate surface area is 92.0 Å². The molecule has 0 saturated heterocycles. The minimum atomic E-state index is 0.197. The molecule has 1 aliphatic carbocycles. The highest BCUT2D eigenvalue weighted by Gasteiger charge is 2.31. The molecule has 0 bridgehead atoms. The lowest BCUT2D eigenvalue weighted by Crippen LogP contribution is -2.42. The van der Waals surface area contributed by atoms with Gasteiger partial charge in [0.25, 0.3) is 0 Å². The van der Waals surface area contributed by atoms with Gasteiger partial charge < -0.3 is 15.0 Å². The summed E-state index contributed by atoms with van der Waals surface area (Å²) in [7, 11) is 1.67. The van der Waals surface area contributed by atoms with E-state index in [1.165, 1.54) is 0 Å². The smallest absolute Gasteiger partial charge is 0.236 e. The van der Waals surface area contributed by atoms with Crippen LogP contribution in [0.3, 0.4) is 0 Å². The van der Waals surface area contributed by atoms with Crippen LogP contribution >= 0.6 is 0 Å². The van der Waals surface area contributed by atoms with E-state index in [2.05, 4.69) is 5.32 Å². The van der Waals surface area contributed by atoms with Gasteiger partial charge in [0, 0.05) is 25.7 Å². The zero-order valence-corrected chi connectivity index (χ0v) is 9.95. The third kappa shape index (κ3) is 4.62. The van der Waals surface area contributed by atoms with Crippen LogP contribution in [0.25, 0.3) is 0 Å². The summed E-state index contributed by atoms with van der Waals surface area (Å²) in [5, 5.41) is 3.15. The third-order valence-electron chi connectivity index (χ3n) is 2.51. The van der Waals surface area contributed by atoms with Crippen molar-refractivity contribution in [1.29, 1.82) is 0 Å². The summed E-state index contributed by atoms with van der Waals surface area (Å²) in [5.74, 6) is 0.197. The quantitative estimate of drug-likeness (QED) is 0.675. The topological polar surface area (TPSA) is 41.6 Å². The Balaban J connectivity index is 2.30. The van der Waals surface area contributed by atoms with E-state index >= 15 is 0 Å². The van der Waals surface area contributed by atoms with Crippen molar-refractivity contribution in [3.05, 3.63) is 0 Å². The maximum atomic E-state index is 11.8. The van der Waals surface area contributed by atoms with E-state index in [4.69, 9.17) is 4.74 Å². The van der Waals surface area contributed by atoms with Gasteiger partial charge in [-0.25, -0.2) is 0 Å². The van der Waals surface area contributed by atoms with E-state index in [-0.39, 0.29) is 5.91 Å². The monoisotopic (exact) mass is 214 g/mol. The molecule has 0 heterocycles. The number of hydrogen-bond donors (Lipinski definition) is 1. The fourth-order valence-corrected chi connectivity index (χ4v) is 1.48. The van der Waals surface area contributed by atoms with Gasteiger partial charge in [-0.2, -0.15) is 0 Å². The van der Waals surface area contributed by atoms with Gasteiger partial charge in [0.05, 0.1) is 13.2 Å². The lowest BCUT2D eigenvalue weighted by atomic mass is 10.3. The van der Waals surface area contributed by atoms with Crippen LogP contribution in [-0.4, -0.2) is 49.7 Å². The first-order valence-corrected chi connectivity index (χ1v) is 5.67. The molecular formula is C11H22N2O2. The van der Waals surface area contributed by atoms with Crippen LogP contribution in [-0.2, 0) is 9.53 Å². The SMILES string of the molecule is COCCN(C(=O)CNC(C)C)C1CC1. The molecule has 88 valence electrons. The summed E-state index contributed by atoms with van der Waals surface area (Å²) in [6.45, 7) is 5.88. The highest BCUT2D eigenvalue weighted by Crippen LogP contribution is 2.26. The van der Waals surface area contributed by atoms with Gasteiger partial charge >= 0.3 is 0 Å². The van der Waals surface area contributed by atoms with Crippen molar-refractivity contribution in [2.75, 3.05) is 26.8 Å². The summed E-state index contributed by atoms with van der Waals surface area (Å²) >= 11 is 0. The third-order valence-corrected chi connectivity index (χ3v) is 2.51.